The summed E-state index contributed by atoms with van der Waals surface area (Å²) >= 11 is 0. The smallest absolute Gasteiger partial charge is 0.105 e. The summed E-state index contributed by atoms with van der Waals surface area (Å²) in [4.78, 5) is 4.18. The van der Waals surface area contributed by atoms with Crippen LogP contribution in [0.4, 0.5) is 0 Å². The van der Waals surface area contributed by atoms with Crippen molar-refractivity contribution in [1.82, 2.24) is 4.98 Å². The Kier molecular flexibility index (Phi) is 3.25. The van der Waals surface area contributed by atoms with Crippen LogP contribution in [-0.2, 0) is 0 Å². The van der Waals surface area contributed by atoms with Gasteiger partial charge in [0, 0.05) is 17.8 Å². The largest absolute Gasteiger partial charge is 0.384 e. The molecule has 0 bridgehead atoms. The van der Waals surface area contributed by atoms with Crippen molar-refractivity contribution in [3.8, 4) is 0 Å². The maximum atomic E-state index is 10.7. The normalized spacial score (nSPS) is 12.6. The molecule has 0 aliphatic heterocycles. The van der Waals surface area contributed by atoms with E-state index in [1.165, 1.54) is 5.56 Å². The van der Waals surface area contributed by atoms with Crippen LogP contribution >= 0.6 is 0 Å². The Balaban J connectivity index is 2.15. The zero-order chi connectivity index (χ0) is 14.1. The summed E-state index contributed by atoms with van der Waals surface area (Å²) in [6.07, 6.45) is 2.97. The third-order valence-corrected chi connectivity index (χ3v) is 3.73. The van der Waals surface area contributed by atoms with Crippen LogP contribution in [0.1, 0.15) is 28.4 Å². The highest BCUT2D eigenvalue weighted by Crippen LogP contribution is 2.30. The van der Waals surface area contributed by atoms with Gasteiger partial charge in [-0.1, -0.05) is 42.0 Å². The monoisotopic (exact) mass is 263 g/mol. The first-order valence-electron chi connectivity index (χ1n) is 6.74. The Morgan fingerprint density at radius 1 is 1.00 bits per heavy atom. The van der Waals surface area contributed by atoms with Crippen LogP contribution in [0.3, 0.4) is 0 Å². The second-order valence-electron chi connectivity index (χ2n) is 5.21. The SMILES string of the molecule is Cc1ccc(C(O)c2cccc3ccncc23)c(C)c1. The topological polar surface area (TPSA) is 33.1 Å². The Bertz CT molecular complexity index is 759. The van der Waals surface area contributed by atoms with Crippen molar-refractivity contribution < 1.29 is 5.11 Å². The molecule has 1 atom stereocenters. The van der Waals surface area contributed by atoms with Crippen molar-refractivity contribution >= 4 is 10.8 Å². The lowest BCUT2D eigenvalue weighted by Gasteiger charge is -2.16. The zero-order valence-electron chi connectivity index (χ0n) is 11.7. The number of nitrogens with zero attached hydrogens (tertiary/aromatic N) is 1. The van der Waals surface area contributed by atoms with Crippen molar-refractivity contribution in [3.63, 3.8) is 0 Å². The molecule has 0 saturated heterocycles. The summed E-state index contributed by atoms with van der Waals surface area (Å²) < 4.78 is 0. The molecule has 2 aromatic carbocycles. The summed E-state index contributed by atoms with van der Waals surface area (Å²) in [6.45, 7) is 4.10. The zero-order valence-corrected chi connectivity index (χ0v) is 11.7. The van der Waals surface area contributed by atoms with E-state index in [4.69, 9.17) is 0 Å². The quantitative estimate of drug-likeness (QED) is 0.760. The van der Waals surface area contributed by atoms with Gasteiger partial charge in [-0.25, -0.2) is 0 Å². The van der Waals surface area contributed by atoms with Crippen molar-refractivity contribution in [3.05, 3.63) is 77.1 Å². The van der Waals surface area contributed by atoms with Gasteiger partial charge in [0.05, 0.1) is 0 Å². The minimum atomic E-state index is -0.622. The standard InChI is InChI=1S/C18H17NO/c1-12-6-7-15(13(2)10-12)18(20)16-5-3-4-14-8-9-19-11-17(14)16/h3-11,18,20H,1-2H3. The van der Waals surface area contributed by atoms with E-state index in [-0.39, 0.29) is 0 Å². The number of pyridine rings is 1. The molecular weight excluding hydrogens is 246 g/mol. The molecule has 0 spiro atoms. The molecule has 0 amide bonds. The van der Waals surface area contributed by atoms with Gasteiger partial charge in [0.1, 0.15) is 6.10 Å². The van der Waals surface area contributed by atoms with Gasteiger partial charge in [-0.2, -0.15) is 0 Å². The van der Waals surface area contributed by atoms with Gasteiger partial charge in [-0.15, -0.1) is 0 Å². The highest BCUT2D eigenvalue weighted by molar-refractivity contribution is 5.85. The lowest BCUT2D eigenvalue weighted by atomic mass is 9.93. The second-order valence-corrected chi connectivity index (χ2v) is 5.21. The molecule has 0 fully saturated rings. The van der Waals surface area contributed by atoms with E-state index in [1.54, 1.807) is 6.20 Å². The molecule has 1 unspecified atom stereocenters. The molecule has 0 aliphatic carbocycles. The maximum Gasteiger partial charge on any atom is 0.105 e. The van der Waals surface area contributed by atoms with Gasteiger partial charge in [-0.3, -0.25) is 4.98 Å². The number of aryl methyl sites for hydroxylation is 2. The van der Waals surface area contributed by atoms with E-state index in [2.05, 4.69) is 18.0 Å². The third kappa shape index (κ3) is 2.19. The molecule has 0 saturated carbocycles. The van der Waals surface area contributed by atoms with Crippen LogP contribution in [0.5, 0.6) is 0 Å². The number of fused-ring (bicyclic) bond motifs is 1. The van der Waals surface area contributed by atoms with Crippen LogP contribution in [0.2, 0.25) is 0 Å². The van der Waals surface area contributed by atoms with Gasteiger partial charge in [0.2, 0.25) is 0 Å². The first-order valence-corrected chi connectivity index (χ1v) is 6.74. The summed E-state index contributed by atoms with van der Waals surface area (Å²) in [6, 6.07) is 14.1. The van der Waals surface area contributed by atoms with Gasteiger partial charge in [0.25, 0.3) is 0 Å². The molecule has 100 valence electrons. The minimum Gasteiger partial charge on any atom is -0.384 e. The molecule has 0 aliphatic rings. The van der Waals surface area contributed by atoms with Crippen molar-refractivity contribution in [1.29, 1.82) is 0 Å². The van der Waals surface area contributed by atoms with E-state index < -0.39 is 6.10 Å². The lowest BCUT2D eigenvalue weighted by Crippen LogP contribution is -2.03. The number of hydrogen-bond acceptors (Lipinski definition) is 2. The Hall–Kier alpha value is -2.19. The average molecular weight is 263 g/mol. The number of aromatic nitrogens is 1. The molecule has 1 heterocycles. The van der Waals surface area contributed by atoms with E-state index >= 15 is 0 Å². The minimum absolute atomic E-state index is 0.622. The number of benzene rings is 2. The molecule has 1 N–H and O–H groups in total. The third-order valence-electron chi connectivity index (χ3n) is 3.73. The first-order chi connectivity index (χ1) is 9.66. The van der Waals surface area contributed by atoms with Crippen LogP contribution in [0, 0.1) is 13.8 Å². The van der Waals surface area contributed by atoms with Crippen LogP contribution in [0.25, 0.3) is 10.8 Å². The predicted molar refractivity (Wildman–Crippen MR) is 81.7 cm³/mol. The number of aliphatic hydroxyl groups is 1. The molecule has 1 aromatic heterocycles. The van der Waals surface area contributed by atoms with Crippen LogP contribution < -0.4 is 0 Å². The molecule has 3 rings (SSSR count). The van der Waals surface area contributed by atoms with E-state index in [0.717, 1.165) is 27.5 Å². The van der Waals surface area contributed by atoms with E-state index in [9.17, 15) is 5.11 Å². The van der Waals surface area contributed by atoms with Gasteiger partial charge in [-0.05, 0) is 42.0 Å². The van der Waals surface area contributed by atoms with Crippen molar-refractivity contribution in [2.75, 3.05) is 0 Å². The molecular formula is C18H17NO. The molecule has 2 heteroatoms. The van der Waals surface area contributed by atoms with Gasteiger partial charge >= 0.3 is 0 Å². The number of aliphatic hydroxyl groups excluding tert-OH is 1. The van der Waals surface area contributed by atoms with Gasteiger partial charge < -0.3 is 5.11 Å². The number of hydrogen-bond donors (Lipinski definition) is 1. The Morgan fingerprint density at radius 2 is 1.85 bits per heavy atom. The summed E-state index contributed by atoms with van der Waals surface area (Å²) in [5.41, 5.74) is 4.17. The summed E-state index contributed by atoms with van der Waals surface area (Å²) in [5.74, 6) is 0. The van der Waals surface area contributed by atoms with Crippen molar-refractivity contribution in [2.45, 2.75) is 20.0 Å². The first kappa shape index (κ1) is 12.8. The van der Waals surface area contributed by atoms with Crippen molar-refractivity contribution in [2.24, 2.45) is 0 Å². The fourth-order valence-corrected chi connectivity index (χ4v) is 2.68. The van der Waals surface area contributed by atoms with Gasteiger partial charge in [0.15, 0.2) is 0 Å². The molecule has 2 nitrogen and oxygen atoms in total. The lowest BCUT2D eigenvalue weighted by molar-refractivity contribution is 0.221. The highest BCUT2D eigenvalue weighted by Gasteiger charge is 2.15. The average Bonchev–Trinajstić information content (AvgIpc) is 2.46. The molecule has 3 aromatic rings. The highest BCUT2D eigenvalue weighted by atomic mass is 16.3. The number of rotatable bonds is 2. The fraction of sp³-hybridized carbons (Fsp3) is 0.167. The molecule has 0 radical (unpaired) electrons. The predicted octanol–water partition coefficient (Wildman–Crippen LogP) is 3.93. The maximum absolute atomic E-state index is 10.7. The van der Waals surface area contributed by atoms with Crippen LogP contribution in [0.15, 0.2) is 54.9 Å². The Morgan fingerprint density at radius 3 is 2.65 bits per heavy atom. The Labute approximate surface area is 118 Å². The summed E-state index contributed by atoms with van der Waals surface area (Å²) in [5, 5.41) is 12.8. The second kappa shape index (κ2) is 5.06. The fourth-order valence-electron chi connectivity index (χ4n) is 2.68. The van der Waals surface area contributed by atoms with E-state index in [0.29, 0.717) is 0 Å². The molecule has 20 heavy (non-hydrogen) atoms. The van der Waals surface area contributed by atoms with Crippen LogP contribution in [-0.4, -0.2) is 10.1 Å². The summed E-state index contributed by atoms with van der Waals surface area (Å²) in [7, 11) is 0. The van der Waals surface area contributed by atoms with E-state index in [1.807, 2.05) is 49.5 Å².